The van der Waals surface area contributed by atoms with Crippen LogP contribution in [0.1, 0.15) is 34.3 Å². The molecule has 2 rings (SSSR count). The van der Waals surface area contributed by atoms with E-state index in [1.807, 2.05) is 12.1 Å². The highest BCUT2D eigenvalue weighted by atomic mass is 19.1. The van der Waals surface area contributed by atoms with E-state index in [9.17, 15) is 9.18 Å². The van der Waals surface area contributed by atoms with Gasteiger partial charge in [0.15, 0.2) is 5.78 Å². The Morgan fingerprint density at radius 3 is 2.47 bits per heavy atom. The number of hydrogen-bond acceptors (Lipinski definition) is 2. The Labute approximate surface area is 111 Å². The number of hydrogen-bond donors (Lipinski definition) is 0. The van der Waals surface area contributed by atoms with Gasteiger partial charge in [-0.2, -0.15) is 5.26 Å². The first kappa shape index (κ1) is 13.0. The summed E-state index contributed by atoms with van der Waals surface area (Å²) in [4.78, 5) is 12.3. The van der Waals surface area contributed by atoms with Crippen LogP contribution in [0.5, 0.6) is 0 Å². The van der Waals surface area contributed by atoms with E-state index in [1.54, 1.807) is 37.3 Å². The van der Waals surface area contributed by atoms with Crippen molar-refractivity contribution in [3.05, 3.63) is 71.0 Å². The maximum atomic E-state index is 13.5. The molecule has 0 radical (unpaired) electrons. The molecule has 3 heteroatoms. The van der Waals surface area contributed by atoms with Gasteiger partial charge in [0.1, 0.15) is 11.9 Å². The summed E-state index contributed by atoms with van der Waals surface area (Å²) >= 11 is 0. The van der Waals surface area contributed by atoms with Gasteiger partial charge in [0.2, 0.25) is 0 Å². The molecule has 2 aromatic rings. The van der Waals surface area contributed by atoms with Gasteiger partial charge in [0, 0.05) is 11.5 Å². The molecular weight excluding hydrogens is 241 g/mol. The molecule has 2 nitrogen and oxygen atoms in total. The van der Waals surface area contributed by atoms with Gasteiger partial charge < -0.3 is 0 Å². The smallest absolute Gasteiger partial charge is 0.170 e. The van der Waals surface area contributed by atoms with Crippen molar-refractivity contribution in [3.8, 4) is 6.07 Å². The Hall–Kier alpha value is -2.47. The molecule has 0 heterocycles. The lowest BCUT2D eigenvalue weighted by molar-refractivity contribution is 0.0966. The summed E-state index contributed by atoms with van der Waals surface area (Å²) < 4.78 is 13.5. The third kappa shape index (κ3) is 2.53. The first-order valence-electron chi connectivity index (χ1n) is 5.93. The second-order valence-corrected chi connectivity index (χ2v) is 4.27. The molecule has 0 saturated heterocycles. The maximum Gasteiger partial charge on any atom is 0.170 e. The summed E-state index contributed by atoms with van der Waals surface area (Å²) in [5.74, 6) is -1.26. The Kier molecular flexibility index (Phi) is 3.72. The highest BCUT2D eigenvalue weighted by molar-refractivity contribution is 6.00. The van der Waals surface area contributed by atoms with Crippen LogP contribution < -0.4 is 0 Å². The van der Waals surface area contributed by atoms with Gasteiger partial charge in [-0.25, -0.2) is 4.39 Å². The van der Waals surface area contributed by atoms with Crippen LogP contribution in [-0.2, 0) is 0 Å². The molecule has 0 fully saturated rings. The number of carbonyl (C=O) groups is 1. The van der Waals surface area contributed by atoms with E-state index in [-0.39, 0.29) is 11.3 Å². The maximum absolute atomic E-state index is 13.5. The number of ketones is 1. The molecule has 0 aromatic heterocycles. The second-order valence-electron chi connectivity index (χ2n) is 4.27. The molecule has 0 bridgehead atoms. The van der Waals surface area contributed by atoms with Crippen molar-refractivity contribution in [1.29, 1.82) is 5.26 Å². The Morgan fingerprint density at radius 2 is 1.84 bits per heavy atom. The van der Waals surface area contributed by atoms with Crippen LogP contribution in [0.15, 0.2) is 48.5 Å². The summed E-state index contributed by atoms with van der Waals surface area (Å²) in [5, 5.41) is 9.00. The van der Waals surface area contributed by atoms with Crippen molar-refractivity contribution >= 4 is 5.78 Å². The minimum atomic E-state index is -0.590. The molecule has 0 spiro atoms. The molecular formula is C16H12FNO. The number of nitrogens with zero attached hydrogens (tertiary/aromatic N) is 1. The van der Waals surface area contributed by atoms with E-state index in [2.05, 4.69) is 0 Å². The molecule has 0 aliphatic carbocycles. The quantitative estimate of drug-likeness (QED) is 0.783. The number of Topliss-reactive ketones (excluding diaryl/α,β-unsaturated/α-hetero) is 1. The number of benzene rings is 2. The summed E-state index contributed by atoms with van der Waals surface area (Å²) in [5.41, 5.74) is 0.929. The zero-order valence-corrected chi connectivity index (χ0v) is 10.4. The molecule has 0 aliphatic rings. The van der Waals surface area contributed by atoms with E-state index < -0.39 is 11.7 Å². The standard InChI is InChI=1S/C16H12FNO/c1-11(16(19)12-6-3-2-4-7-12)13-8-5-9-15(17)14(13)10-18/h2-9,11H,1H3. The molecule has 0 N–H and O–H groups in total. The van der Waals surface area contributed by atoms with Crippen LogP contribution in [0, 0.1) is 17.1 Å². The monoisotopic (exact) mass is 253 g/mol. The molecule has 94 valence electrons. The van der Waals surface area contributed by atoms with Gasteiger partial charge in [-0.05, 0) is 11.6 Å². The fraction of sp³-hybridized carbons (Fsp3) is 0.125. The van der Waals surface area contributed by atoms with Gasteiger partial charge in [0.25, 0.3) is 0 Å². The lowest BCUT2D eigenvalue weighted by atomic mass is 9.89. The minimum absolute atomic E-state index is 0.0562. The van der Waals surface area contributed by atoms with E-state index in [0.717, 1.165) is 0 Å². The Morgan fingerprint density at radius 1 is 1.16 bits per heavy atom. The highest BCUT2D eigenvalue weighted by Crippen LogP contribution is 2.25. The fourth-order valence-electron chi connectivity index (χ4n) is 2.01. The van der Waals surface area contributed by atoms with Gasteiger partial charge in [0.05, 0.1) is 5.56 Å². The second kappa shape index (κ2) is 5.45. The van der Waals surface area contributed by atoms with E-state index >= 15 is 0 Å². The number of carbonyl (C=O) groups excluding carboxylic acids is 1. The first-order chi connectivity index (χ1) is 9.15. The Balaban J connectivity index is 2.41. The summed E-state index contributed by atoms with van der Waals surface area (Å²) in [6.45, 7) is 1.69. The predicted molar refractivity (Wildman–Crippen MR) is 70.3 cm³/mol. The van der Waals surface area contributed by atoms with E-state index in [0.29, 0.717) is 11.1 Å². The van der Waals surface area contributed by atoms with Crippen LogP contribution in [0.4, 0.5) is 4.39 Å². The zero-order valence-electron chi connectivity index (χ0n) is 10.4. The fourth-order valence-corrected chi connectivity index (χ4v) is 2.01. The lowest BCUT2D eigenvalue weighted by Crippen LogP contribution is -2.11. The number of nitriles is 1. The number of halogens is 1. The molecule has 2 aromatic carbocycles. The van der Waals surface area contributed by atoms with Gasteiger partial charge >= 0.3 is 0 Å². The zero-order chi connectivity index (χ0) is 13.8. The predicted octanol–water partition coefficient (Wildman–Crippen LogP) is 3.68. The van der Waals surface area contributed by atoms with Crippen molar-refractivity contribution in [1.82, 2.24) is 0 Å². The van der Waals surface area contributed by atoms with Crippen LogP contribution in [-0.4, -0.2) is 5.78 Å². The topological polar surface area (TPSA) is 40.9 Å². The van der Waals surface area contributed by atoms with Gasteiger partial charge in [-0.15, -0.1) is 0 Å². The molecule has 0 amide bonds. The van der Waals surface area contributed by atoms with Gasteiger partial charge in [-0.1, -0.05) is 49.4 Å². The normalized spacial score (nSPS) is 11.6. The molecule has 1 atom stereocenters. The molecule has 0 saturated carbocycles. The molecule has 19 heavy (non-hydrogen) atoms. The van der Waals surface area contributed by atoms with Crippen molar-refractivity contribution in [3.63, 3.8) is 0 Å². The number of rotatable bonds is 3. The minimum Gasteiger partial charge on any atom is -0.294 e. The van der Waals surface area contributed by atoms with Crippen LogP contribution in [0.3, 0.4) is 0 Å². The van der Waals surface area contributed by atoms with Crippen LogP contribution in [0.25, 0.3) is 0 Å². The van der Waals surface area contributed by atoms with E-state index in [4.69, 9.17) is 5.26 Å². The molecule has 0 aliphatic heterocycles. The van der Waals surface area contributed by atoms with Crippen molar-refractivity contribution < 1.29 is 9.18 Å². The SMILES string of the molecule is CC(C(=O)c1ccccc1)c1cccc(F)c1C#N. The summed E-state index contributed by atoms with van der Waals surface area (Å²) in [6, 6.07) is 15.0. The highest BCUT2D eigenvalue weighted by Gasteiger charge is 2.21. The van der Waals surface area contributed by atoms with Crippen molar-refractivity contribution in [2.45, 2.75) is 12.8 Å². The first-order valence-corrected chi connectivity index (χ1v) is 5.93. The average Bonchev–Trinajstić information content (AvgIpc) is 2.46. The van der Waals surface area contributed by atoms with E-state index in [1.165, 1.54) is 12.1 Å². The lowest BCUT2D eigenvalue weighted by Gasteiger charge is -2.12. The van der Waals surface area contributed by atoms with Gasteiger partial charge in [-0.3, -0.25) is 4.79 Å². The van der Waals surface area contributed by atoms with Crippen LogP contribution >= 0.6 is 0 Å². The summed E-state index contributed by atoms with van der Waals surface area (Å²) in [7, 11) is 0. The van der Waals surface area contributed by atoms with Crippen molar-refractivity contribution in [2.75, 3.05) is 0 Å². The molecule has 1 unspecified atom stereocenters. The third-order valence-corrected chi connectivity index (χ3v) is 3.08. The van der Waals surface area contributed by atoms with Crippen LogP contribution in [0.2, 0.25) is 0 Å². The largest absolute Gasteiger partial charge is 0.294 e. The average molecular weight is 253 g/mol. The summed E-state index contributed by atoms with van der Waals surface area (Å²) in [6.07, 6.45) is 0. The Bertz CT molecular complexity index is 644. The van der Waals surface area contributed by atoms with Crippen molar-refractivity contribution in [2.24, 2.45) is 0 Å². The third-order valence-electron chi connectivity index (χ3n) is 3.08.